The van der Waals surface area contributed by atoms with Crippen LogP contribution < -0.4 is 15.8 Å². The van der Waals surface area contributed by atoms with E-state index < -0.39 is 0 Å². The fourth-order valence-corrected chi connectivity index (χ4v) is 1.43. The van der Waals surface area contributed by atoms with Gasteiger partial charge in [-0.05, 0) is 17.7 Å². The van der Waals surface area contributed by atoms with Gasteiger partial charge >= 0.3 is 0 Å². The Hall–Kier alpha value is -1.63. The molecular weight excluding hydrogens is 260 g/mol. The molecule has 3 N–H and O–H groups in total. The van der Waals surface area contributed by atoms with Crippen LogP contribution in [-0.2, 0) is 20.8 Å². The lowest BCUT2D eigenvalue weighted by molar-refractivity contribution is -0.123. The molecule has 1 amide bonds. The van der Waals surface area contributed by atoms with Crippen LogP contribution in [0.3, 0.4) is 0 Å². The van der Waals surface area contributed by atoms with Crippen molar-refractivity contribution in [3.8, 4) is 5.75 Å². The standard InChI is InChI=1S/C14H22N2O4/c1-18-8-9-19-7-6-16-14(17)11-20-13-4-2-12(10-15)3-5-13/h2-5H,6-11,15H2,1H3,(H,16,17). The van der Waals surface area contributed by atoms with E-state index in [1.807, 2.05) is 12.1 Å². The van der Waals surface area contributed by atoms with E-state index in [4.69, 9.17) is 19.9 Å². The van der Waals surface area contributed by atoms with E-state index in [1.54, 1.807) is 19.2 Å². The Morgan fingerprint density at radius 2 is 1.95 bits per heavy atom. The monoisotopic (exact) mass is 282 g/mol. The molecule has 1 aromatic carbocycles. The highest BCUT2D eigenvalue weighted by molar-refractivity contribution is 5.77. The molecule has 0 fully saturated rings. The Morgan fingerprint density at radius 1 is 1.20 bits per heavy atom. The van der Waals surface area contributed by atoms with Gasteiger partial charge in [0.2, 0.25) is 0 Å². The normalized spacial score (nSPS) is 10.3. The lowest BCUT2D eigenvalue weighted by Gasteiger charge is -2.08. The van der Waals surface area contributed by atoms with E-state index >= 15 is 0 Å². The molecular formula is C14H22N2O4. The van der Waals surface area contributed by atoms with Crippen LogP contribution in [0, 0.1) is 0 Å². The molecule has 0 aliphatic carbocycles. The van der Waals surface area contributed by atoms with Gasteiger partial charge < -0.3 is 25.3 Å². The second-order valence-corrected chi connectivity index (χ2v) is 4.09. The van der Waals surface area contributed by atoms with Crippen molar-refractivity contribution in [2.24, 2.45) is 5.73 Å². The third-order valence-corrected chi connectivity index (χ3v) is 2.53. The molecule has 0 bridgehead atoms. The maximum Gasteiger partial charge on any atom is 0.258 e. The highest BCUT2D eigenvalue weighted by Gasteiger charge is 2.02. The quantitative estimate of drug-likeness (QED) is 0.603. The predicted molar refractivity (Wildman–Crippen MR) is 75.5 cm³/mol. The summed E-state index contributed by atoms with van der Waals surface area (Å²) in [7, 11) is 1.61. The van der Waals surface area contributed by atoms with Gasteiger partial charge in [-0.3, -0.25) is 4.79 Å². The molecule has 0 unspecified atom stereocenters. The molecule has 20 heavy (non-hydrogen) atoms. The first kappa shape index (κ1) is 16.4. The van der Waals surface area contributed by atoms with Gasteiger partial charge in [0.25, 0.3) is 5.91 Å². The molecule has 6 heteroatoms. The Balaban J connectivity index is 2.10. The van der Waals surface area contributed by atoms with Crippen LogP contribution in [0.15, 0.2) is 24.3 Å². The van der Waals surface area contributed by atoms with Crippen molar-refractivity contribution in [1.82, 2.24) is 5.32 Å². The van der Waals surface area contributed by atoms with Crippen LogP contribution in [-0.4, -0.2) is 46.0 Å². The maximum atomic E-state index is 11.5. The number of rotatable bonds is 10. The van der Waals surface area contributed by atoms with Gasteiger partial charge in [0.05, 0.1) is 19.8 Å². The number of methoxy groups -OCH3 is 1. The molecule has 0 aliphatic rings. The van der Waals surface area contributed by atoms with Crippen LogP contribution in [0.5, 0.6) is 5.75 Å². The lowest BCUT2D eigenvalue weighted by Crippen LogP contribution is -2.31. The summed E-state index contributed by atoms with van der Waals surface area (Å²) in [6, 6.07) is 7.33. The van der Waals surface area contributed by atoms with Crippen molar-refractivity contribution in [2.75, 3.05) is 40.1 Å². The number of carbonyl (C=O) groups excluding carboxylic acids is 1. The number of benzene rings is 1. The third kappa shape index (κ3) is 7.08. The van der Waals surface area contributed by atoms with E-state index in [0.29, 0.717) is 38.7 Å². The van der Waals surface area contributed by atoms with Gasteiger partial charge in [-0.25, -0.2) is 0 Å². The zero-order valence-corrected chi connectivity index (χ0v) is 11.8. The summed E-state index contributed by atoms with van der Waals surface area (Å²) in [5.74, 6) is 0.469. The highest BCUT2D eigenvalue weighted by Crippen LogP contribution is 2.11. The third-order valence-electron chi connectivity index (χ3n) is 2.53. The zero-order chi connectivity index (χ0) is 14.6. The van der Waals surface area contributed by atoms with E-state index in [-0.39, 0.29) is 12.5 Å². The fraction of sp³-hybridized carbons (Fsp3) is 0.500. The summed E-state index contributed by atoms with van der Waals surface area (Å²) < 4.78 is 15.4. The predicted octanol–water partition coefficient (Wildman–Crippen LogP) is 0.303. The summed E-state index contributed by atoms with van der Waals surface area (Å²) in [5.41, 5.74) is 6.52. The Bertz CT molecular complexity index is 381. The molecule has 0 radical (unpaired) electrons. The van der Waals surface area contributed by atoms with Crippen molar-refractivity contribution < 1.29 is 19.0 Å². The minimum Gasteiger partial charge on any atom is -0.484 e. The number of amides is 1. The summed E-state index contributed by atoms with van der Waals surface area (Å²) in [4.78, 5) is 11.5. The summed E-state index contributed by atoms with van der Waals surface area (Å²) >= 11 is 0. The van der Waals surface area contributed by atoms with Crippen LogP contribution in [0.25, 0.3) is 0 Å². The second-order valence-electron chi connectivity index (χ2n) is 4.09. The van der Waals surface area contributed by atoms with Gasteiger partial charge in [0.15, 0.2) is 6.61 Å². The van der Waals surface area contributed by atoms with Gasteiger partial charge in [-0.1, -0.05) is 12.1 Å². The number of nitrogens with one attached hydrogen (secondary N) is 1. The molecule has 1 rings (SSSR count). The molecule has 0 saturated heterocycles. The molecule has 0 aliphatic heterocycles. The molecule has 0 atom stereocenters. The molecule has 0 heterocycles. The lowest BCUT2D eigenvalue weighted by atomic mass is 10.2. The first-order chi connectivity index (χ1) is 9.76. The van der Waals surface area contributed by atoms with Crippen LogP contribution in [0.2, 0.25) is 0 Å². The topological polar surface area (TPSA) is 82.8 Å². The number of ether oxygens (including phenoxy) is 3. The second kappa shape index (κ2) is 10.2. The average Bonchev–Trinajstić information content (AvgIpc) is 2.49. The van der Waals surface area contributed by atoms with Crippen molar-refractivity contribution in [2.45, 2.75) is 6.54 Å². The van der Waals surface area contributed by atoms with Gasteiger partial charge in [0.1, 0.15) is 5.75 Å². The largest absolute Gasteiger partial charge is 0.484 e. The van der Waals surface area contributed by atoms with Gasteiger partial charge in [-0.15, -0.1) is 0 Å². The first-order valence-corrected chi connectivity index (χ1v) is 6.51. The zero-order valence-electron chi connectivity index (χ0n) is 11.8. The van der Waals surface area contributed by atoms with E-state index in [9.17, 15) is 4.79 Å². The first-order valence-electron chi connectivity index (χ1n) is 6.51. The van der Waals surface area contributed by atoms with Crippen molar-refractivity contribution in [1.29, 1.82) is 0 Å². The SMILES string of the molecule is COCCOCCNC(=O)COc1ccc(CN)cc1. The minimum absolute atomic E-state index is 0.0138. The smallest absolute Gasteiger partial charge is 0.258 e. The Labute approximate surface area is 119 Å². The fourth-order valence-electron chi connectivity index (χ4n) is 1.43. The van der Waals surface area contributed by atoms with Crippen LogP contribution in [0.4, 0.5) is 0 Å². The van der Waals surface area contributed by atoms with Crippen LogP contribution >= 0.6 is 0 Å². The summed E-state index contributed by atoms with van der Waals surface area (Å²) in [6.07, 6.45) is 0. The molecule has 112 valence electrons. The number of hydrogen-bond acceptors (Lipinski definition) is 5. The summed E-state index contributed by atoms with van der Waals surface area (Å²) in [6.45, 7) is 2.47. The van der Waals surface area contributed by atoms with E-state index in [1.165, 1.54) is 0 Å². The average molecular weight is 282 g/mol. The maximum absolute atomic E-state index is 11.5. The number of hydrogen-bond donors (Lipinski definition) is 2. The molecule has 6 nitrogen and oxygen atoms in total. The van der Waals surface area contributed by atoms with Crippen molar-refractivity contribution in [3.05, 3.63) is 29.8 Å². The number of nitrogens with two attached hydrogens (primary N) is 1. The number of carbonyl (C=O) groups is 1. The highest BCUT2D eigenvalue weighted by atomic mass is 16.5. The van der Waals surface area contributed by atoms with E-state index in [2.05, 4.69) is 5.32 Å². The minimum atomic E-state index is -0.178. The van der Waals surface area contributed by atoms with Gasteiger partial charge in [0, 0.05) is 20.2 Å². The molecule has 0 saturated carbocycles. The van der Waals surface area contributed by atoms with Crippen molar-refractivity contribution in [3.63, 3.8) is 0 Å². The van der Waals surface area contributed by atoms with Crippen LogP contribution in [0.1, 0.15) is 5.56 Å². The molecule has 0 aromatic heterocycles. The van der Waals surface area contributed by atoms with Gasteiger partial charge in [-0.2, -0.15) is 0 Å². The Morgan fingerprint density at radius 3 is 2.60 bits per heavy atom. The van der Waals surface area contributed by atoms with E-state index in [0.717, 1.165) is 5.56 Å². The molecule has 0 spiro atoms. The summed E-state index contributed by atoms with van der Waals surface area (Å²) in [5, 5.41) is 2.70. The van der Waals surface area contributed by atoms with Crippen molar-refractivity contribution >= 4 is 5.91 Å². The molecule has 1 aromatic rings. The Kier molecular flexibility index (Phi) is 8.37.